The lowest BCUT2D eigenvalue weighted by Gasteiger charge is -2.69. The molecule has 7 fully saturated rings. The number of carbonyl (C=O) groups excluding carboxylic acids is 1. The van der Waals surface area contributed by atoms with Gasteiger partial charge in [-0.15, -0.1) is 0 Å². The molecule has 7 heteroatoms. The van der Waals surface area contributed by atoms with Crippen molar-refractivity contribution >= 4 is 5.97 Å². The lowest BCUT2D eigenvalue weighted by Crippen LogP contribution is -2.73. The summed E-state index contributed by atoms with van der Waals surface area (Å²) in [4.78, 5) is 16.3. The van der Waals surface area contributed by atoms with Gasteiger partial charge >= 0.3 is 5.97 Å². The van der Waals surface area contributed by atoms with E-state index >= 15 is 0 Å². The summed E-state index contributed by atoms with van der Waals surface area (Å²) in [5.74, 6) is 1.98. The van der Waals surface area contributed by atoms with Gasteiger partial charge in [-0.25, -0.2) is 4.79 Å². The fraction of sp³-hybridized carbons (Fsp3) is 0.767. The number of hydrogen-bond donors (Lipinski definition) is 2. The molecule has 0 aromatic heterocycles. The number of esters is 1. The summed E-state index contributed by atoms with van der Waals surface area (Å²) < 4.78 is 17.2. The second kappa shape index (κ2) is 7.64. The number of fused-ring (bicyclic) bond motifs is 2. The quantitative estimate of drug-likeness (QED) is 0.585. The van der Waals surface area contributed by atoms with E-state index in [2.05, 4.69) is 18.9 Å². The Hall–Kier alpha value is -1.83. The molecule has 1 saturated heterocycles. The molecule has 7 nitrogen and oxygen atoms in total. The third-order valence-electron chi connectivity index (χ3n) is 12.5. The highest BCUT2D eigenvalue weighted by atomic mass is 16.6. The van der Waals surface area contributed by atoms with Crippen LogP contribution in [-0.4, -0.2) is 73.2 Å². The Balaban J connectivity index is 1.32. The Kier molecular flexibility index (Phi) is 5.00. The average molecular weight is 512 g/mol. The highest BCUT2D eigenvalue weighted by Gasteiger charge is 2.85. The number of methoxy groups -OCH3 is 2. The molecular formula is C30H41NO6. The number of aliphatic hydroxyl groups is 2. The van der Waals surface area contributed by atoms with Crippen LogP contribution in [0.3, 0.4) is 0 Å². The highest BCUT2D eigenvalue weighted by Crippen LogP contribution is 2.84. The molecule has 1 unspecified atom stereocenters. The van der Waals surface area contributed by atoms with E-state index in [-0.39, 0.29) is 23.4 Å². The van der Waals surface area contributed by atoms with Gasteiger partial charge in [0, 0.05) is 18.0 Å². The molecule has 7 aliphatic rings. The third-order valence-corrected chi connectivity index (χ3v) is 12.5. The van der Waals surface area contributed by atoms with E-state index in [0.29, 0.717) is 46.3 Å². The van der Waals surface area contributed by atoms with Gasteiger partial charge in [0.2, 0.25) is 0 Å². The maximum Gasteiger partial charge on any atom is 0.338 e. The predicted molar refractivity (Wildman–Crippen MR) is 136 cm³/mol. The van der Waals surface area contributed by atoms with Crippen molar-refractivity contribution < 1.29 is 29.2 Å². The molecule has 0 amide bonds. The van der Waals surface area contributed by atoms with Crippen LogP contribution in [0.25, 0.3) is 0 Å². The fourth-order valence-corrected chi connectivity index (χ4v) is 11.7. The lowest BCUT2D eigenvalue weighted by atomic mass is 9.38. The standard InChI is InChI=1S/C30H41NO6/c1-27-9-5-10-29-22(27)14-19(24(29)31(2)15-27)28-11-8-18(13-23(28)29)30(34,16-32)26(28)37-25(33)17-6-7-20(35-3)21(12-17)36-4/h6-7,12,18-19,22-24,26,32,34H,5,8-11,13-16H2,1-4H3/t18-,19-,22+,23+,24?,26-,27-,28-,29-,30-/m0/s1. The maximum absolute atomic E-state index is 13.7. The summed E-state index contributed by atoms with van der Waals surface area (Å²) >= 11 is 0. The first-order chi connectivity index (χ1) is 17.7. The normalized spacial score (nSPS) is 49.0. The molecule has 2 spiro atoms. The molecule has 6 saturated carbocycles. The summed E-state index contributed by atoms with van der Waals surface area (Å²) in [6.45, 7) is 3.27. The van der Waals surface area contributed by atoms with Crippen molar-refractivity contribution in [2.24, 2.45) is 39.9 Å². The topological polar surface area (TPSA) is 88.5 Å². The van der Waals surface area contributed by atoms with Crippen LogP contribution in [0.2, 0.25) is 0 Å². The van der Waals surface area contributed by atoms with Crippen LogP contribution in [-0.2, 0) is 4.74 Å². The van der Waals surface area contributed by atoms with Gasteiger partial charge in [0.05, 0.1) is 26.4 Å². The number of benzene rings is 1. The zero-order valence-electron chi connectivity index (χ0n) is 22.5. The van der Waals surface area contributed by atoms with Crippen molar-refractivity contribution in [3.05, 3.63) is 23.8 Å². The minimum atomic E-state index is -1.41. The Bertz CT molecular complexity index is 1140. The van der Waals surface area contributed by atoms with Crippen LogP contribution in [0.15, 0.2) is 18.2 Å². The average Bonchev–Trinajstić information content (AvgIpc) is 3.33. The number of likely N-dealkylation sites (tertiary alicyclic amines) is 1. The van der Waals surface area contributed by atoms with Crippen LogP contribution >= 0.6 is 0 Å². The third kappa shape index (κ3) is 2.67. The van der Waals surface area contributed by atoms with Crippen molar-refractivity contribution in [2.45, 2.75) is 69.6 Å². The van der Waals surface area contributed by atoms with Crippen LogP contribution < -0.4 is 9.47 Å². The Morgan fingerprint density at radius 1 is 1.08 bits per heavy atom. The van der Waals surface area contributed by atoms with Gasteiger partial charge in [-0.05, 0) is 98.3 Å². The van der Waals surface area contributed by atoms with Crippen LogP contribution in [0.1, 0.15) is 62.2 Å². The first-order valence-electron chi connectivity index (χ1n) is 14.2. The predicted octanol–water partition coefficient (Wildman–Crippen LogP) is 3.51. The van der Waals surface area contributed by atoms with Gasteiger partial charge in [0.25, 0.3) is 0 Å². The van der Waals surface area contributed by atoms with Gasteiger partial charge in [0.1, 0.15) is 11.7 Å². The Morgan fingerprint density at radius 3 is 2.59 bits per heavy atom. The minimum absolute atomic E-state index is 0.0551. The largest absolute Gasteiger partial charge is 0.493 e. The summed E-state index contributed by atoms with van der Waals surface area (Å²) in [6, 6.07) is 5.50. The van der Waals surface area contributed by atoms with E-state index < -0.39 is 17.7 Å². The zero-order chi connectivity index (χ0) is 26.0. The number of ether oxygens (including phenoxy) is 3. The number of rotatable bonds is 5. The molecule has 202 valence electrons. The molecule has 0 radical (unpaired) electrons. The van der Waals surface area contributed by atoms with Crippen molar-refractivity contribution in [1.29, 1.82) is 0 Å². The molecule has 1 aromatic rings. The van der Waals surface area contributed by atoms with Gasteiger partial charge in [-0.2, -0.15) is 0 Å². The summed E-state index contributed by atoms with van der Waals surface area (Å²) in [6.07, 6.45) is 7.04. The smallest absolute Gasteiger partial charge is 0.338 e. The number of carbonyl (C=O) groups is 1. The lowest BCUT2D eigenvalue weighted by molar-refractivity contribution is -0.286. The first-order valence-corrected chi connectivity index (χ1v) is 14.2. The molecule has 7 bridgehead atoms. The molecule has 1 heterocycles. The van der Waals surface area contributed by atoms with Crippen LogP contribution in [0.5, 0.6) is 11.5 Å². The fourth-order valence-electron chi connectivity index (χ4n) is 11.7. The summed E-state index contributed by atoms with van der Waals surface area (Å²) in [5.41, 5.74) is -0.762. The monoisotopic (exact) mass is 511 g/mol. The maximum atomic E-state index is 13.7. The van der Waals surface area contributed by atoms with Crippen molar-refractivity contribution in [1.82, 2.24) is 4.90 Å². The number of piperidine rings is 1. The SMILES string of the molecule is COc1ccc(C(=O)O[C@@H]2[C@](O)(CO)[C@H]3CC[C@@]24[C@H]2C[C@@H]5[C@@]6(C)CCC[C@@]5(C2N(C)C6)[C@@H]4C3)cc1OC. The molecule has 1 aromatic carbocycles. The molecule has 6 aliphatic carbocycles. The van der Waals surface area contributed by atoms with Crippen molar-refractivity contribution in [3.63, 3.8) is 0 Å². The molecular weight excluding hydrogens is 470 g/mol. The second-order valence-corrected chi connectivity index (χ2v) is 13.5. The van der Waals surface area contributed by atoms with Crippen LogP contribution in [0, 0.1) is 39.9 Å². The molecule has 1 aliphatic heterocycles. The summed E-state index contributed by atoms with van der Waals surface area (Å²) in [7, 11) is 5.41. The number of hydrogen-bond acceptors (Lipinski definition) is 7. The highest BCUT2D eigenvalue weighted by molar-refractivity contribution is 5.90. The van der Waals surface area contributed by atoms with E-state index in [4.69, 9.17) is 14.2 Å². The van der Waals surface area contributed by atoms with Gasteiger partial charge in [-0.3, -0.25) is 0 Å². The van der Waals surface area contributed by atoms with Crippen LogP contribution in [0.4, 0.5) is 0 Å². The number of aliphatic hydroxyl groups excluding tert-OH is 1. The Labute approximate surface area is 219 Å². The molecule has 2 N–H and O–H groups in total. The van der Waals surface area contributed by atoms with Crippen molar-refractivity contribution in [2.75, 3.05) is 34.4 Å². The van der Waals surface area contributed by atoms with Gasteiger partial charge in [0.15, 0.2) is 11.5 Å². The van der Waals surface area contributed by atoms with E-state index in [0.717, 1.165) is 32.2 Å². The second-order valence-electron chi connectivity index (χ2n) is 13.5. The molecule has 37 heavy (non-hydrogen) atoms. The summed E-state index contributed by atoms with van der Waals surface area (Å²) in [5, 5.41) is 22.7. The Morgan fingerprint density at radius 2 is 1.86 bits per heavy atom. The molecule has 10 atom stereocenters. The van der Waals surface area contributed by atoms with Gasteiger partial charge in [-0.1, -0.05) is 13.3 Å². The van der Waals surface area contributed by atoms with Gasteiger partial charge < -0.3 is 29.3 Å². The van der Waals surface area contributed by atoms with E-state index in [1.807, 2.05) is 0 Å². The van der Waals surface area contributed by atoms with E-state index in [1.54, 1.807) is 32.4 Å². The van der Waals surface area contributed by atoms with E-state index in [9.17, 15) is 15.0 Å². The molecule has 8 rings (SSSR count). The van der Waals surface area contributed by atoms with Crippen molar-refractivity contribution in [3.8, 4) is 11.5 Å². The minimum Gasteiger partial charge on any atom is -0.493 e. The zero-order valence-corrected chi connectivity index (χ0v) is 22.5. The first kappa shape index (κ1) is 24.2. The van der Waals surface area contributed by atoms with E-state index in [1.165, 1.54) is 19.3 Å². The number of nitrogens with zero attached hydrogens (tertiary/aromatic N) is 1.